The maximum absolute atomic E-state index is 12.7. The van der Waals surface area contributed by atoms with Gasteiger partial charge in [0.1, 0.15) is 0 Å². The van der Waals surface area contributed by atoms with Gasteiger partial charge in [-0.15, -0.1) is 0 Å². The molecule has 1 saturated carbocycles. The summed E-state index contributed by atoms with van der Waals surface area (Å²) in [5, 5.41) is 8.44. The van der Waals surface area contributed by atoms with Crippen LogP contribution in [0.15, 0.2) is 0 Å². The lowest BCUT2D eigenvalue weighted by atomic mass is 10.1. The first-order chi connectivity index (χ1) is 9.34. The number of likely N-dealkylation sites (tertiary alicyclic amines) is 1. The van der Waals surface area contributed by atoms with Gasteiger partial charge in [0.05, 0.1) is 11.2 Å². The first-order valence-electron chi connectivity index (χ1n) is 7.22. The molecule has 1 aliphatic heterocycles. The third-order valence-corrected chi connectivity index (χ3v) is 7.19. The van der Waals surface area contributed by atoms with Crippen LogP contribution in [0.25, 0.3) is 0 Å². The van der Waals surface area contributed by atoms with Crippen molar-refractivity contribution in [3.63, 3.8) is 0 Å². The third-order valence-electron chi connectivity index (χ3n) is 4.76. The lowest BCUT2D eigenvalue weighted by molar-refractivity contribution is -0.141. The van der Waals surface area contributed by atoms with Crippen LogP contribution in [0.4, 0.5) is 0 Å². The van der Waals surface area contributed by atoms with Gasteiger partial charge in [-0.3, -0.25) is 4.79 Å². The van der Waals surface area contributed by atoms with Crippen LogP contribution in [0.3, 0.4) is 0 Å². The Morgan fingerprint density at radius 1 is 1.20 bits per heavy atom. The Hall–Kier alpha value is -0.660. The maximum atomic E-state index is 12.7. The number of carboxylic acid groups (broad SMARTS) is 1. The fourth-order valence-electron chi connectivity index (χ4n) is 3.34. The van der Waals surface area contributed by atoms with E-state index >= 15 is 0 Å². The molecule has 0 spiro atoms. The third kappa shape index (κ3) is 2.99. The van der Waals surface area contributed by atoms with E-state index in [0.717, 1.165) is 25.9 Å². The molecule has 0 radical (unpaired) electrons. The Balaban J connectivity index is 2.11. The van der Waals surface area contributed by atoms with Crippen molar-refractivity contribution < 1.29 is 18.3 Å². The van der Waals surface area contributed by atoms with Crippen LogP contribution in [0, 0.1) is 5.92 Å². The molecule has 1 aliphatic carbocycles. The number of rotatable bonds is 4. The second kappa shape index (κ2) is 5.99. The predicted octanol–water partition coefficient (Wildman–Crippen LogP) is 0.596. The van der Waals surface area contributed by atoms with Gasteiger partial charge in [-0.05, 0) is 45.8 Å². The van der Waals surface area contributed by atoms with Crippen LogP contribution >= 0.6 is 0 Å². The highest BCUT2D eigenvalue weighted by Gasteiger charge is 2.45. The molecule has 2 fully saturated rings. The molecule has 7 heteroatoms. The molecule has 1 heterocycles. The fraction of sp³-hybridized carbons (Fsp3) is 0.923. The van der Waals surface area contributed by atoms with Gasteiger partial charge in [0.2, 0.25) is 10.0 Å². The number of carboxylic acids is 1. The van der Waals surface area contributed by atoms with Crippen LogP contribution in [0.2, 0.25) is 0 Å². The van der Waals surface area contributed by atoms with Crippen molar-refractivity contribution in [2.24, 2.45) is 5.92 Å². The zero-order chi connectivity index (χ0) is 14.9. The molecular formula is C13H24N2O4S. The highest BCUT2D eigenvalue weighted by molar-refractivity contribution is 7.89. The SMILES string of the molecule is CN1CCC(N(C)S(=O)(=O)C2CCCC2C(=O)O)CC1. The molecule has 0 amide bonds. The standard InChI is InChI=1S/C13H24N2O4S/c1-14-8-6-10(7-9-14)15(2)20(18,19)12-5-3-4-11(12)13(16)17/h10-12H,3-9H2,1-2H3,(H,16,17). The fourth-order valence-corrected chi connectivity index (χ4v) is 5.53. The van der Waals surface area contributed by atoms with Crippen molar-refractivity contribution >= 4 is 16.0 Å². The number of carbonyl (C=O) groups is 1. The summed E-state index contributed by atoms with van der Waals surface area (Å²) in [6.45, 7) is 1.77. The second-order valence-corrected chi connectivity index (χ2v) is 8.22. The lowest BCUT2D eigenvalue weighted by Crippen LogP contribution is -2.48. The summed E-state index contributed by atoms with van der Waals surface area (Å²) in [7, 11) is 0.128. The number of nitrogens with zero attached hydrogens (tertiary/aromatic N) is 2. The van der Waals surface area contributed by atoms with Crippen molar-refractivity contribution in [1.29, 1.82) is 0 Å². The average Bonchev–Trinajstić information content (AvgIpc) is 2.89. The van der Waals surface area contributed by atoms with Crippen LogP contribution in [0.5, 0.6) is 0 Å². The summed E-state index contributed by atoms with van der Waals surface area (Å²) in [6, 6.07) is 0.00578. The summed E-state index contributed by atoms with van der Waals surface area (Å²) in [5.74, 6) is -1.72. The van der Waals surface area contributed by atoms with Crippen LogP contribution < -0.4 is 0 Å². The molecule has 1 N–H and O–H groups in total. The first-order valence-corrected chi connectivity index (χ1v) is 8.72. The van der Waals surface area contributed by atoms with E-state index in [2.05, 4.69) is 4.90 Å². The second-order valence-electron chi connectivity index (χ2n) is 6.01. The van der Waals surface area contributed by atoms with Gasteiger partial charge in [0.15, 0.2) is 0 Å². The molecule has 0 aromatic rings. The van der Waals surface area contributed by atoms with Gasteiger partial charge in [-0.25, -0.2) is 12.7 Å². The summed E-state index contributed by atoms with van der Waals surface area (Å²) in [4.78, 5) is 13.4. The molecule has 20 heavy (non-hydrogen) atoms. The average molecular weight is 304 g/mol. The quantitative estimate of drug-likeness (QED) is 0.823. The smallest absolute Gasteiger partial charge is 0.307 e. The van der Waals surface area contributed by atoms with E-state index in [-0.39, 0.29) is 6.04 Å². The minimum atomic E-state index is -3.52. The lowest BCUT2D eigenvalue weighted by Gasteiger charge is -2.36. The van der Waals surface area contributed by atoms with Crippen LogP contribution in [-0.2, 0) is 14.8 Å². The summed E-state index contributed by atoms with van der Waals surface area (Å²) in [6.07, 6.45) is 3.26. The highest BCUT2D eigenvalue weighted by atomic mass is 32.2. The normalized spacial score (nSPS) is 29.9. The Kier molecular flexibility index (Phi) is 4.71. The molecule has 1 saturated heterocycles. The first kappa shape index (κ1) is 15.7. The van der Waals surface area contributed by atoms with Gasteiger partial charge in [-0.1, -0.05) is 6.42 Å². The van der Waals surface area contributed by atoms with Crippen LogP contribution in [-0.4, -0.2) is 67.2 Å². The molecule has 2 rings (SSSR count). The van der Waals surface area contributed by atoms with Crippen molar-refractivity contribution in [2.75, 3.05) is 27.2 Å². The summed E-state index contributed by atoms with van der Waals surface area (Å²) >= 11 is 0. The molecule has 2 unspecified atom stereocenters. The van der Waals surface area contributed by atoms with E-state index in [4.69, 9.17) is 0 Å². The van der Waals surface area contributed by atoms with Crippen molar-refractivity contribution in [2.45, 2.75) is 43.4 Å². The Labute approximate surface area is 120 Å². The van der Waals surface area contributed by atoms with Gasteiger partial charge < -0.3 is 10.0 Å². The Morgan fingerprint density at radius 3 is 2.35 bits per heavy atom. The minimum absolute atomic E-state index is 0.00578. The Morgan fingerprint density at radius 2 is 1.80 bits per heavy atom. The molecule has 0 aromatic heterocycles. The molecule has 116 valence electrons. The molecule has 0 bridgehead atoms. The number of sulfonamides is 1. The van der Waals surface area contributed by atoms with Gasteiger partial charge in [0.25, 0.3) is 0 Å². The number of hydrogen-bond donors (Lipinski definition) is 1. The zero-order valence-electron chi connectivity index (χ0n) is 12.2. The minimum Gasteiger partial charge on any atom is -0.481 e. The van der Waals surface area contributed by atoms with E-state index in [9.17, 15) is 18.3 Å². The molecule has 2 aliphatic rings. The van der Waals surface area contributed by atoms with Gasteiger partial charge >= 0.3 is 5.97 Å². The highest BCUT2D eigenvalue weighted by Crippen LogP contribution is 2.34. The molecular weight excluding hydrogens is 280 g/mol. The Bertz CT molecular complexity index is 457. The van der Waals surface area contributed by atoms with E-state index in [1.807, 2.05) is 7.05 Å². The van der Waals surface area contributed by atoms with Gasteiger partial charge in [-0.2, -0.15) is 0 Å². The number of hydrogen-bond acceptors (Lipinski definition) is 4. The van der Waals surface area contributed by atoms with Crippen LogP contribution in [0.1, 0.15) is 32.1 Å². The van der Waals surface area contributed by atoms with Gasteiger partial charge in [0, 0.05) is 13.1 Å². The van der Waals surface area contributed by atoms with Crippen molar-refractivity contribution in [3.05, 3.63) is 0 Å². The monoisotopic (exact) mass is 304 g/mol. The predicted molar refractivity (Wildman–Crippen MR) is 76.0 cm³/mol. The maximum Gasteiger partial charge on any atom is 0.307 e. The topological polar surface area (TPSA) is 77.9 Å². The number of aliphatic carboxylic acids is 1. The zero-order valence-corrected chi connectivity index (χ0v) is 13.0. The number of piperidine rings is 1. The van der Waals surface area contributed by atoms with E-state index in [0.29, 0.717) is 19.3 Å². The van der Waals surface area contributed by atoms with E-state index in [1.165, 1.54) is 4.31 Å². The van der Waals surface area contributed by atoms with Crippen molar-refractivity contribution in [3.8, 4) is 0 Å². The summed E-state index contributed by atoms with van der Waals surface area (Å²) < 4.78 is 26.8. The van der Waals surface area contributed by atoms with Crippen molar-refractivity contribution in [1.82, 2.24) is 9.21 Å². The van der Waals surface area contributed by atoms with E-state index < -0.39 is 27.2 Å². The summed E-state index contributed by atoms with van der Waals surface area (Å²) in [5.41, 5.74) is 0. The van der Waals surface area contributed by atoms with E-state index in [1.54, 1.807) is 7.05 Å². The largest absolute Gasteiger partial charge is 0.481 e. The molecule has 6 nitrogen and oxygen atoms in total. The molecule has 2 atom stereocenters. The molecule has 0 aromatic carbocycles.